The average Bonchev–Trinajstić information content (AvgIpc) is 3.23. The lowest BCUT2D eigenvalue weighted by atomic mass is 9.73. The summed E-state index contributed by atoms with van der Waals surface area (Å²) in [6.07, 6.45) is 3.57. The summed E-state index contributed by atoms with van der Waals surface area (Å²) in [6.45, 7) is 4.30. The molecule has 9 heteroatoms. The number of aliphatic hydroxyl groups is 1. The average molecular weight is 484 g/mol. The van der Waals surface area contributed by atoms with E-state index in [1.54, 1.807) is 4.90 Å². The highest BCUT2D eigenvalue weighted by atomic mass is 32.2. The van der Waals surface area contributed by atoms with Crippen LogP contribution in [0.1, 0.15) is 42.5 Å². The minimum Gasteiger partial charge on any atom is -0.395 e. The molecule has 3 aliphatic heterocycles. The number of amides is 1. The maximum Gasteiger partial charge on any atom is 0.227 e. The highest BCUT2D eigenvalue weighted by Crippen LogP contribution is 2.37. The van der Waals surface area contributed by atoms with Crippen LogP contribution in [0.5, 0.6) is 0 Å². The van der Waals surface area contributed by atoms with Crippen LogP contribution in [-0.2, 0) is 27.4 Å². The Bertz CT molecular complexity index is 1100. The Morgan fingerprint density at radius 2 is 1.91 bits per heavy atom. The van der Waals surface area contributed by atoms with Crippen LogP contribution in [0.3, 0.4) is 0 Å². The van der Waals surface area contributed by atoms with Crippen molar-refractivity contribution in [1.82, 2.24) is 14.9 Å². The van der Waals surface area contributed by atoms with E-state index in [4.69, 9.17) is 9.97 Å². The smallest absolute Gasteiger partial charge is 0.227 e. The fraction of sp³-hybridized carbons (Fsp3) is 0.560. The number of carbonyl (C=O) groups is 1. The molecule has 1 amide bonds. The van der Waals surface area contributed by atoms with Gasteiger partial charge in [-0.3, -0.25) is 9.00 Å². The standard InChI is InChI=1S/C25H33N5O3S/c1-17-3-5-18(6-4-17)25(16-31)10-12-30(13-11-25)24-27-20-9-14-34(33)22(20)23(28-24)26-19-7-8-21(32)29(2)15-19/h3-6,19,31H,7-16H2,1-2H3,(H,26,27,28)/t19-,34?/m0/s1. The number of hydrogen-bond donors (Lipinski definition) is 2. The van der Waals surface area contributed by atoms with Gasteiger partial charge in [-0.25, -0.2) is 4.98 Å². The lowest BCUT2D eigenvalue weighted by Crippen LogP contribution is -2.45. The van der Waals surface area contributed by atoms with Crippen LogP contribution >= 0.6 is 0 Å². The molecule has 0 aliphatic carbocycles. The molecular weight excluding hydrogens is 450 g/mol. The van der Waals surface area contributed by atoms with Gasteiger partial charge in [0.1, 0.15) is 10.7 Å². The Balaban J connectivity index is 1.37. The van der Waals surface area contributed by atoms with E-state index in [0.717, 1.165) is 42.9 Å². The predicted octanol–water partition coefficient (Wildman–Crippen LogP) is 2.01. The van der Waals surface area contributed by atoms with Gasteiger partial charge >= 0.3 is 0 Å². The maximum absolute atomic E-state index is 12.7. The maximum atomic E-state index is 12.7. The Kier molecular flexibility index (Phi) is 6.33. The number of aryl methyl sites for hydroxylation is 2. The molecule has 2 atom stereocenters. The number of piperidine rings is 2. The van der Waals surface area contributed by atoms with Crippen molar-refractivity contribution in [2.45, 2.75) is 55.4 Å². The number of benzene rings is 1. The molecular formula is C25H33N5O3S. The monoisotopic (exact) mass is 483 g/mol. The lowest BCUT2D eigenvalue weighted by Gasteiger charge is -2.41. The number of anilines is 2. The lowest BCUT2D eigenvalue weighted by molar-refractivity contribution is -0.132. The first kappa shape index (κ1) is 23.2. The minimum absolute atomic E-state index is 0.0806. The number of nitrogens with zero attached hydrogens (tertiary/aromatic N) is 4. The van der Waals surface area contributed by atoms with Gasteiger partial charge in [0, 0.05) is 56.7 Å². The van der Waals surface area contributed by atoms with Crippen molar-refractivity contribution >= 4 is 28.5 Å². The fourth-order valence-electron chi connectivity index (χ4n) is 5.33. The molecule has 1 unspecified atom stereocenters. The molecule has 182 valence electrons. The summed E-state index contributed by atoms with van der Waals surface area (Å²) in [5, 5.41) is 13.8. The number of hydrogen-bond acceptors (Lipinski definition) is 7. The Morgan fingerprint density at radius 1 is 1.18 bits per heavy atom. The second-order valence-corrected chi connectivity index (χ2v) is 11.4. The van der Waals surface area contributed by atoms with E-state index >= 15 is 0 Å². The number of likely N-dealkylation sites (tertiary alicyclic amines) is 1. The summed E-state index contributed by atoms with van der Waals surface area (Å²) in [5.41, 5.74) is 3.02. The largest absolute Gasteiger partial charge is 0.395 e. The van der Waals surface area contributed by atoms with Gasteiger partial charge in [-0.1, -0.05) is 29.8 Å². The summed E-state index contributed by atoms with van der Waals surface area (Å²) in [7, 11) is 0.716. The molecule has 8 nitrogen and oxygen atoms in total. The molecule has 2 aromatic rings. The highest BCUT2D eigenvalue weighted by molar-refractivity contribution is 7.85. The van der Waals surface area contributed by atoms with Gasteiger partial charge < -0.3 is 20.2 Å². The summed E-state index contributed by atoms with van der Waals surface area (Å²) < 4.78 is 12.7. The molecule has 0 bridgehead atoms. The third-order valence-electron chi connectivity index (χ3n) is 7.61. The van der Waals surface area contributed by atoms with Gasteiger partial charge in [0.25, 0.3) is 0 Å². The number of nitrogens with one attached hydrogen (secondary N) is 1. The highest BCUT2D eigenvalue weighted by Gasteiger charge is 2.37. The van der Waals surface area contributed by atoms with Crippen LogP contribution in [0.4, 0.5) is 11.8 Å². The SMILES string of the molecule is Cc1ccc(C2(CO)CCN(c3nc4c(c(N[C@H]5CCC(=O)N(C)C5)n3)S(=O)CC4)CC2)cc1. The topological polar surface area (TPSA) is 98.7 Å². The molecule has 1 aromatic heterocycles. The number of aliphatic hydroxyl groups excluding tert-OH is 1. The Hall–Kier alpha value is -2.52. The second kappa shape index (κ2) is 9.26. The first-order valence-electron chi connectivity index (χ1n) is 12.1. The normalized spacial score (nSPS) is 24.3. The molecule has 2 fully saturated rings. The molecule has 34 heavy (non-hydrogen) atoms. The predicted molar refractivity (Wildman–Crippen MR) is 133 cm³/mol. The van der Waals surface area contributed by atoms with E-state index in [-0.39, 0.29) is 24.0 Å². The van der Waals surface area contributed by atoms with Gasteiger partial charge in [0.15, 0.2) is 0 Å². The van der Waals surface area contributed by atoms with Crippen LogP contribution in [0.2, 0.25) is 0 Å². The van der Waals surface area contributed by atoms with E-state index in [0.29, 0.717) is 36.9 Å². The van der Waals surface area contributed by atoms with Crippen molar-refractivity contribution < 1.29 is 14.1 Å². The summed E-state index contributed by atoms with van der Waals surface area (Å²) in [5.74, 6) is 2.05. The molecule has 5 rings (SSSR count). The molecule has 2 N–H and O–H groups in total. The molecule has 4 heterocycles. The zero-order valence-corrected chi connectivity index (χ0v) is 20.7. The van der Waals surface area contributed by atoms with Crippen LogP contribution in [0.15, 0.2) is 29.2 Å². The van der Waals surface area contributed by atoms with Gasteiger partial charge in [-0.15, -0.1) is 0 Å². The Morgan fingerprint density at radius 3 is 2.59 bits per heavy atom. The zero-order valence-electron chi connectivity index (χ0n) is 19.9. The molecule has 0 spiro atoms. The summed E-state index contributed by atoms with van der Waals surface area (Å²) >= 11 is 0. The van der Waals surface area contributed by atoms with E-state index in [2.05, 4.69) is 41.4 Å². The first-order chi connectivity index (χ1) is 16.4. The van der Waals surface area contributed by atoms with Crippen molar-refractivity contribution in [3.8, 4) is 0 Å². The molecule has 0 radical (unpaired) electrons. The third-order valence-corrected chi connectivity index (χ3v) is 9.07. The van der Waals surface area contributed by atoms with Crippen molar-refractivity contribution in [1.29, 1.82) is 0 Å². The quantitative estimate of drug-likeness (QED) is 0.671. The molecule has 2 saturated heterocycles. The minimum atomic E-state index is -1.10. The number of aromatic nitrogens is 2. The summed E-state index contributed by atoms with van der Waals surface area (Å²) in [6, 6.07) is 8.57. The second-order valence-electron chi connectivity index (χ2n) is 9.89. The molecule has 0 saturated carbocycles. The van der Waals surface area contributed by atoms with Crippen LogP contribution in [0, 0.1) is 6.92 Å². The van der Waals surface area contributed by atoms with Crippen molar-refractivity contribution in [2.24, 2.45) is 0 Å². The van der Waals surface area contributed by atoms with Gasteiger partial charge in [0.05, 0.1) is 23.1 Å². The zero-order chi connectivity index (χ0) is 23.9. The van der Waals surface area contributed by atoms with E-state index in [1.807, 2.05) is 7.05 Å². The van der Waals surface area contributed by atoms with Crippen molar-refractivity contribution in [3.63, 3.8) is 0 Å². The van der Waals surface area contributed by atoms with Gasteiger partial charge in [-0.2, -0.15) is 4.98 Å². The van der Waals surface area contributed by atoms with Crippen molar-refractivity contribution in [3.05, 3.63) is 41.1 Å². The number of carbonyl (C=O) groups excluding carboxylic acids is 1. The number of rotatable bonds is 5. The number of fused-ring (bicyclic) bond motifs is 1. The fourth-order valence-corrected chi connectivity index (χ4v) is 6.64. The van der Waals surface area contributed by atoms with Gasteiger partial charge in [0.2, 0.25) is 11.9 Å². The van der Waals surface area contributed by atoms with E-state index in [1.165, 1.54) is 11.1 Å². The van der Waals surface area contributed by atoms with Crippen LogP contribution < -0.4 is 10.2 Å². The molecule has 1 aromatic carbocycles. The van der Waals surface area contributed by atoms with Crippen molar-refractivity contribution in [2.75, 3.05) is 49.3 Å². The van der Waals surface area contributed by atoms with Crippen LogP contribution in [0.25, 0.3) is 0 Å². The number of likely N-dealkylation sites (N-methyl/N-ethyl adjacent to an activating group) is 1. The van der Waals surface area contributed by atoms with Crippen LogP contribution in [-0.4, -0.2) is 75.2 Å². The Labute approximate surface area is 203 Å². The van der Waals surface area contributed by atoms with Gasteiger partial charge in [-0.05, 0) is 31.7 Å². The first-order valence-corrected chi connectivity index (χ1v) is 13.4. The molecule has 3 aliphatic rings. The summed E-state index contributed by atoms with van der Waals surface area (Å²) in [4.78, 5) is 26.2. The van der Waals surface area contributed by atoms with E-state index < -0.39 is 10.8 Å². The van der Waals surface area contributed by atoms with E-state index in [9.17, 15) is 14.1 Å². The third kappa shape index (κ3) is 4.31.